The Balaban J connectivity index is 1.41. The van der Waals surface area contributed by atoms with Crippen molar-refractivity contribution in [2.75, 3.05) is 23.5 Å². The largest absolute Gasteiger partial charge is 0.497 e. The van der Waals surface area contributed by atoms with E-state index < -0.39 is 17.6 Å². The van der Waals surface area contributed by atoms with Crippen molar-refractivity contribution >= 4 is 58.5 Å². The molecule has 10 heteroatoms. The Labute approximate surface area is 245 Å². The molecule has 0 aliphatic rings. The van der Waals surface area contributed by atoms with E-state index in [1.165, 1.54) is 30.0 Å². The van der Waals surface area contributed by atoms with Crippen LogP contribution in [0.2, 0.25) is 5.02 Å². The summed E-state index contributed by atoms with van der Waals surface area (Å²) in [6.07, 6.45) is 1.57. The molecule has 41 heavy (non-hydrogen) atoms. The number of methoxy groups -OCH3 is 1. The zero-order valence-corrected chi connectivity index (χ0v) is 23.4. The fourth-order valence-electron chi connectivity index (χ4n) is 3.59. The third-order valence-corrected chi connectivity index (χ3v) is 6.92. The highest BCUT2D eigenvalue weighted by Crippen LogP contribution is 2.23. The summed E-state index contributed by atoms with van der Waals surface area (Å²) in [5.41, 5.74) is 2.01. The van der Waals surface area contributed by atoms with E-state index in [1.54, 1.807) is 92.0 Å². The average molecular weight is 590 g/mol. The van der Waals surface area contributed by atoms with Crippen LogP contribution in [0.1, 0.15) is 15.9 Å². The summed E-state index contributed by atoms with van der Waals surface area (Å²) >= 11 is 7.04. The molecule has 0 aromatic heterocycles. The third-order valence-electron chi connectivity index (χ3n) is 5.62. The molecule has 3 amide bonds. The number of thioether (sulfide) groups is 1. The second-order valence-electron chi connectivity index (χ2n) is 8.60. The van der Waals surface area contributed by atoms with Crippen LogP contribution in [-0.2, 0) is 9.59 Å². The number of rotatable bonds is 10. The van der Waals surface area contributed by atoms with E-state index in [2.05, 4.69) is 16.0 Å². The molecule has 208 valence electrons. The lowest BCUT2D eigenvalue weighted by Gasteiger charge is -2.12. The Hall–Kier alpha value is -4.60. The highest BCUT2D eigenvalue weighted by atomic mass is 35.5. The molecule has 0 radical (unpaired) electrons. The smallest absolute Gasteiger partial charge is 0.272 e. The van der Waals surface area contributed by atoms with Crippen molar-refractivity contribution in [1.82, 2.24) is 5.32 Å². The van der Waals surface area contributed by atoms with Gasteiger partial charge >= 0.3 is 0 Å². The summed E-state index contributed by atoms with van der Waals surface area (Å²) in [4.78, 5) is 39.1. The molecule has 0 fully saturated rings. The fourth-order valence-corrected chi connectivity index (χ4v) is 4.47. The van der Waals surface area contributed by atoms with Crippen molar-refractivity contribution in [1.29, 1.82) is 0 Å². The number of amides is 3. The second kappa shape index (κ2) is 14.2. The van der Waals surface area contributed by atoms with Crippen LogP contribution in [-0.4, -0.2) is 30.6 Å². The van der Waals surface area contributed by atoms with Crippen LogP contribution in [0.15, 0.2) is 108 Å². The predicted molar refractivity (Wildman–Crippen MR) is 161 cm³/mol. The molecule has 0 heterocycles. The number of hydrogen-bond donors (Lipinski definition) is 3. The maximum Gasteiger partial charge on any atom is 0.272 e. The number of halogens is 2. The minimum Gasteiger partial charge on any atom is -0.497 e. The van der Waals surface area contributed by atoms with Crippen LogP contribution in [0.25, 0.3) is 6.08 Å². The molecule has 4 rings (SSSR count). The van der Waals surface area contributed by atoms with Gasteiger partial charge in [-0.25, -0.2) is 4.39 Å². The number of ether oxygens (including phenoxy) is 1. The summed E-state index contributed by atoms with van der Waals surface area (Å²) in [5.74, 6) is -1.07. The van der Waals surface area contributed by atoms with Gasteiger partial charge < -0.3 is 20.7 Å². The lowest BCUT2D eigenvalue weighted by atomic mass is 10.1. The highest BCUT2D eigenvalue weighted by molar-refractivity contribution is 8.00. The zero-order valence-electron chi connectivity index (χ0n) is 21.8. The molecule has 0 saturated heterocycles. The highest BCUT2D eigenvalue weighted by Gasteiger charge is 2.15. The van der Waals surface area contributed by atoms with Crippen molar-refractivity contribution in [2.24, 2.45) is 0 Å². The first kappa shape index (κ1) is 29.4. The Kier molecular flexibility index (Phi) is 10.1. The van der Waals surface area contributed by atoms with Crippen molar-refractivity contribution in [3.63, 3.8) is 0 Å². The Bertz CT molecular complexity index is 1580. The minimum atomic E-state index is -0.562. The van der Waals surface area contributed by atoms with E-state index in [-0.39, 0.29) is 22.4 Å². The quantitative estimate of drug-likeness (QED) is 0.143. The van der Waals surface area contributed by atoms with Gasteiger partial charge in [0.15, 0.2) is 0 Å². The predicted octanol–water partition coefficient (Wildman–Crippen LogP) is 6.63. The molecule has 4 aromatic rings. The van der Waals surface area contributed by atoms with Crippen LogP contribution in [0.5, 0.6) is 5.75 Å². The Morgan fingerprint density at radius 3 is 2.32 bits per heavy atom. The van der Waals surface area contributed by atoms with Crippen LogP contribution in [0.3, 0.4) is 0 Å². The van der Waals surface area contributed by atoms with Gasteiger partial charge in [-0.2, -0.15) is 0 Å². The average Bonchev–Trinajstić information content (AvgIpc) is 2.99. The molecular weight excluding hydrogens is 565 g/mol. The Morgan fingerprint density at radius 2 is 1.61 bits per heavy atom. The number of anilines is 2. The maximum atomic E-state index is 13.3. The zero-order chi connectivity index (χ0) is 29.2. The first-order valence-electron chi connectivity index (χ1n) is 12.3. The molecule has 4 aromatic carbocycles. The molecule has 0 saturated carbocycles. The molecule has 0 atom stereocenters. The number of hydrogen-bond acceptors (Lipinski definition) is 5. The van der Waals surface area contributed by atoms with Gasteiger partial charge in [-0.3, -0.25) is 14.4 Å². The number of benzene rings is 4. The topological polar surface area (TPSA) is 96.5 Å². The second-order valence-corrected chi connectivity index (χ2v) is 10.1. The summed E-state index contributed by atoms with van der Waals surface area (Å²) in [5, 5.41) is 8.09. The molecule has 3 N–H and O–H groups in total. The van der Waals surface area contributed by atoms with Crippen LogP contribution < -0.4 is 20.7 Å². The van der Waals surface area contributed by atoms with E-state index in [1.807, 2.05) is 0 Å². The SMILES string of the molecule is COc1cccc(/C=C(\NC(=O)c2ccccc2)C(=O)Nc2ccc(SCC(=O)Nc3ccc(F)c(Cl)c3)cc2)c1. The summed E-state index contributed by atoms with van der Waals surface area (Å²) in [6.45, 7) is 0. The van der Waals surface area contributed by atoms with E-state index >= 15 is 0 Å². The summed E-state index contributed by atoms with van der Waals surface area (Å²) < 4.78 is 18.6. The minimum absolute atomic E-state index is 0.0446. The standard InChI is InChI=1S/C31H25ClFN3O4S/c1-40-24-9-5-6-20(16-24)17-28(36-30(38)21-7-3-2-4-8-21)31(39)35-22-10-13-25(14-11-22)41-19-29(37)34-23-12-15-27(33)26(32)18-23/h2-18H,19H2,1H3,(H,34,37)(H,35,39)(H,36,38)/b28-17-. The van der Waals surface area contributed by atoms with Gasteiger partial charge in [0.25, 0.3) is 11.8 Å². The normalized spacial score (nSPS) is 11.0. The van der Waals surface area contributed by atoms with Gasteiger partial charge in [0, 0.05) is 21.8 Å². The van der Waals surface area contributed by atoms with Gasteiger partial charge in [0.05, 0.1) is 17.9 Å². The molecule has 0 aliphatic heterocycles. The molecule has 0 aliphatic carbocycles. The monoisotopic (exact) mass is 589 g/mol. The molecule has 0 unspecified atom stereocenters. The molecular formula is C31H25ClFN3O4S. The number of nitrogens with one attached hydrogen (secondary N) is 3. The lowest BCUT2D eigenvalue weighted by Crippen LogP contribution is -2.30. The maximum absolute atomic E-state index is 13.3. The van der Waals surface area contributed by atoms with Gasteiger partial charge in [0.2, 0.25) is 5.91 Å². The fraction of sp³-hybridized carbons (Fsp3) is 0.0645. The molecule has 7 nitrogen and oxygen atoms in total. The third kappa shape index (κ3) is 8.69. The van der Waals surface area contributed by atoms with Gasteiger partial charge in [-0.1, -0.05) is 41.9 Å². The van der Waals surface area contributed by atoms with Crippen molar-refractivity contribution < 1.29 is 23.5 Å². The van der Waals surface area contributed by atoms with E-state index in [0.717, 1.165) is 4.90 Å². The number of carbonyl (C=O) groups is 3. The number of carbonyl (C=O) groups excluding carboxylic acids is 3. The molecule has 0 spiro atoms. The van der Waals surface area contributed by atoms with Crippen molar-refractivity contribution in [3.8, 4) is 5.75 Å². The van der Waals surface area contributed by atoms with Crippen molar-refractivity contribution in [3.05, 3.63) is 125 Å². The van der Waals surface area contributed by atoms with E-state index in [0.29, 0.717) is 28.3 Å². The summed E-state index contributed by atoms with van der Waals surface area (Å²) in [7, 11) is 1.55. The van der Waals surface area contributed by atoms with Crippen LogP contribution >= 0.6 is 23.4 Å². The Morgan fingerprint density at radius 1 is 0.878 bits per heavy atom. The first-order valence-corrected chi connectivity index (χ1v) is 13.7. The first-order chi connectivity index (χ1) is 19.8. The lowest BCUT2D eigenvalue weighted by molar-refractivity contribution is -0.114. The molecule has 0 bridgehead atoms. The van der Waals surface area contributed by atoms with Gasteiger partial charge in [0.1, 0.15) is 17.3 Å². The van der Waals surface area contributed by atoms with E-state index in [9.17, 15) is 18.8 Å². The van der Waals surface area contributed by atoms with Crippen molar-refractivity contribution in [2.45, 2.75) is 4.90 Å². The van der Waals surface area contributed by atoms with Gasteiger partial charge in [-0.05, 0) is 78.4 Å². The van der Waals surface area contributed by atoms with Crippen LogP contribution in [0.4, 0.5) is 15.8 Å². The van der Waals surface area contributed by atoms with Gasteiger partial charge in [-0.15, -0.1) is 11.8 Å². The summed E-state index contributed by atoms with van der Waals surface area (Å²) in [6, 6.07) is 26.5. The van der Waals surface area contributed by atoms with Crippen LogP contribution in [0, 0.1) is 5.82 Å². The van der Waals surface area contributed by atoms with E-state index in [4.69, 9.17) is 16.3 Å².